The van der Waals surface area contributed by atoms with Gasteiger partial charge in [0.15, 0.2) is 0 Å². The molecule has 26 heavy (non-hydrogen) atoms. The smallest absolute Gasteiger partial charge is 0.265 e. The van der Waals surface area contributed by atoms with Crippen LogP contribution in [0.3, 0.4) is 0 Å². The quantitative estimate of drug-likeness (QED) is 0.874. The lowest BCUT2D eigenvalue weighted by molar-refractivity contribution is -0.141. The van der Waals surface area contributed by atoms with E-state index in [9.17, 15) is 9.59 Å². The number of nitrogens with one attached hydrogen (secondary N) is 1. The summed E-state index contributed by atoms with van der Waals surface area (Å²) in [5.41, 5.74) is 4.23. The highest BCUT2D eigenvalue weighted by Gasteiger charge is 2.48. The van der Waals surface area contributed by atoms with E-state index in [1.54, 1.807) is 11.8 Å². The molecule has 0 radical (unpaired) electrons. The second kappa shape index (κ2) is 6.50. The van der Waals surface area contributed by atoms with E-state index in [1.807, 2.05) is 23.6 Å². The predicted octanol–water partition coefficient (Wildman–Crippen LogP) is 2.10. The Hall–Kier alpha value is -2.22. The number of piperidine rings is 1. The van der Waals surface area contributed by atoms with Crippen molar-refractivity contribution < 1.29 is 9.59 Å². The topological polar surface area (TPSA) is 82.2 Å². The Morgan fingerprint density at radius 2 is 2.04 bits per heavy atom. The van der Waals surface area contributed by atoms with Crippen molar-refractivity contribution in [1.82, 2.24) is 24.8 Å². The molecule has 1 fully saturated rings. The summed E-state index contributed by atoms with van der Waals surface area (Å²) < 4.78 is 0. The zero-order chi connectivity index (χ0) is 18.3. The molecular weight excluding hydrogens is 350 g/mol. The number of nitrogens with zero attached hydrogens (tertiary/aromatic N) is 4. The normalized spacial score (nSPS) is 18.8. The summed E-state index contributed by atoms with van der Waals surface area (Å²) in [6, 6.07) is 0. The Kier molecular flexibility index (Phi) is 4.30. The first-order valence-electron chi connectivity index (χ1n) is 9.09. The minimum Gasteiger partial charge on any atom is -0.348 e. The Bertz CT molecular complexity index is 834. The average Bonchev–Trinajstić information content (AvgIpc) is 3.31. The number of aryl methyl sites for hydroxylation is 1. The molecule has 4 rings (SSSR count). The van der Waals surface area contributed by atoms with Crippen LogP contribution in [0, 0.1) is 6.92 Å². The molecule has 2 aliphatic rings. The van der Waals surface area contributed by atoms with Crippen molar-refractivity contribution in [1.29, 1.82) is 0 Å². The van der Waals surface area contributed by atoms with Crippen LogP contribution in [-0.2, 0) is 16.8 Å². The van der Waals surface area contributed by atoms with Gasteiger partial charge in [-0.1, -0.05) is 6.92 Å². The van der Waals surface area contributed by atoms with Crippen LogP contribution in [0.4, 0.5) is 0 Å². The molecule has 8 heteroatoms. The van der Waals surface area contributed by atoms with Crippen LogP contribution in [0.2, 0.25) is 0 Å². The molecule has 1 spiro atoms. The number of H-pyrrole nitrogens is 1. The molecule has 0 aromatic carbocycles. The molecule has 2 aliphatic heterocycles. The highest BCUT2D eigenvalue weighted by atomic mass is 32.1. The third-order valence-corrected chi connectivity index (χ3v) is 6.60. The number of fused-ring (bicyclic) bond motifs is 2. The lowest BCUT2D eigenvalue weighted by Gasteiger charge is -2.50. The zero-order valence-electron chi connectivity index (χ0n) is 15.1. The molecule has 0 aliphatic carbocycles. The standard InChI is InChI=1S/C18H23N5O2S/c1-3-14(24)23-7-4-13-16(20-10-19-13)18(23)5-8-22(9-6-18)17(25)15-12(2)21-11-26-15/h10-11H,3-9H2,1-2H3,(H,19,20). The molecule has 2 aromatic heterocycles. The first-order chi connectivity index (χ1) is 12.6. The van der Waals surface area contributed by atoms with Gasteiger partial charge in [0.2, 0.25) is 5.91 Å². The minimum absolute atomic E-state index is 0.0475. The molecule has 2 amide bonds. The van der Waals surface area contributed by atoms with Crippen LogP contribution in [0.15, 0.2) is 11.8 Å². The number of rotatable bonds is 2. The zero-order valence-corrected chi connectivity index (χ0v) is 15.9. The average molecular weight is 373 g/mol. The molecule has 1 N–H and O–H groups in total. The van der Waals surface area contributed by atoms with Crippen molar-refractivity contribution in [3.63, 3.8) is 0 Å². The van der Waals surface area contributed by atoms with Gasteiger partial charge in [0.1, 0.15) is 4.88 Å². The van der Waals surface area contributed by atoms with E-state index >= 15 is 0 Å². The van der Waals surface area contributed by atoms with Crippen molar-refractivity contribution in [3.8, 4) is 0 Å². The van der Waals surface area contributed by atoms with Crippen molar-refractivity contribution in [2.75, 3.05) is 19.6 Å². The van der Waals surface area contributed by atoms with E-state index in [0.29, 0.717) is 30.9 Å². The number of hydrogen-bond donors (Lipinski definition) is 1. The third-order valence-electron chi connectivity index (χ3n) is 5.68. The van der Waals surface area contributed by atoms with Crippen LogP contribution >= 0.6 is 11.3 Å². The summed E-state index contributed by atoms with van der Waals surface area (Å²) >= 11 is 1.39. The number of hydrogen-bond acceptors (Lipinski definition) is 5. The molecular formula is C18H23N5O2S. The maximum atomic E-state index is 12.8. The molecule has 0 unspecified atom stereocenters. The van der Waals surface area contributed by atoms with Gasteiger partial charge in [-0.2, -0.15) is 0 Å². The summed E-state index contributed by atoms with van der Waals surface area (Å²) in [6.45, 7) is 5.73. The maximum Gasteiger partial charge on any atom is 0.265 e. The molecule has 1 saturated heterocycles. The van der Waals surface area contributed by atoms with Crippen molar-refractivity contribution in [2.24, 2.45) is 0 Å². The highest BCUT2D eigenvalue weighted by Crippen LogP contribution is 2.42. The SMILES string of the molecule is CCC(=O)N1CCc2[nH]cnc2C12CCN(C(=O)c1scnc1C)CC2. The number of amides is 2. The second-order valence-corrected chi connectivity index (χ2v) is 7.82. The molecule has 2 aromatic rings. The molecule has 7 nitrogen and oxygen atoms in total. The number of carbonyl (C=O) groups excluding carboxylic acids is 2. The highest BCUT2D eigenvalue weighted by molar-refractivity contribution is 7.11. The number of carbonyl (C=O) groups is 2. The van der Waals surface area contributed by atoms with E-state index < -0.39 is 0 Å². The fourth-order valence-electron chi connectivity index (χ4n) is 4.27. The Balaban J connectivity index is 1.60. The summed E-state index contributed by atoms with van der Waals surface area (Å²) in [7, 11) is 0. The number of aromatic nitrogens is 3. The lowest BCUT2D eigenvalue weighted by atomic mass is 9.78. The number of imidazole rings is 1. The van der Waals surface area contributed by atoms with Gasteiger partial charge in [-0.3, -0.25) is 9.59 Å². The minimum atomic E-state index is -0.389. The van der Waals surface area contributed by atoms with Crippen molar-refractivity contribution >= 4 is 23.2 Å². The van der Waals surface area contributed by atoms with Gasteiger partial charge in [-0.25, -0.2) is 9.97 Å². The van der Waals surface area contributed by atoms with E-state index in [4.69, 9.17) is 0 Å². The Morgan fingerprint density at radius 3 is 2.69 bits per heavy atom. The van der Waals surface area contributed by atoms with Gasteiger partial charge in [0.05, 0.1) is 28.8 Å². The molecule has 138 valence electrons. The number of aromatic amines is 1. The van der Waals surface area contributed by atoms with Gasteiger partial charge >= 0.3 is 0 Å². The van der Waals surface area contributed by atoms with E-state index in [1.165, 1.54) is 11.3 Å². The fourth-order valence-corrected chi connectivity index (χ4v) is 5.04. The second-order valence-electron chi connectivity index (χ2n) is 6.97. The van der Waals surface area contributed by atoms with Gasteiger partial charge in [-0.15, -0.1) is 11.3 Å². The fraction of sp³-hybridized carbons (Fsp3) is 0.556. The first-order valence-corrected chi connectivity index (χ1v) is 9.97. The van der Waals surface area contributed by atoms with Gasteiger partial charge in [-0.05, 0) is 19.8 Å². The summed E-state index contributed by atoms with van der Waals surface area (Å²) in [5, 5.41) is 0. The summed E-state index contributed by atoms with van der Waals surface area (Å²) in [6.07, 6.45) is 4.47. The van der Waals surface area contributed by atoms with Crippen molar-refractivity contribution in [3.05, 3.63) is 33.8 Å². The van der Waals surface area contributed by atoms with E-state index in [0.717, 1.165) is 36.3 Å². The Labute approximate surface area is 156 Å². The third kappa shape index (κ3) is 2.55. The van der Waals surface area contributed by atoms with Crippen LogP contribution in [0.25, 0.3) is 0 Å². The largest absolute Gasteiger partial charge is 0.348 e. The van der Waals surface area contributed by atoms with Crippen LogP contribution in [0.1, 0.15) is 52.9 Å². The van der Waals surface area contributed by atoms with Crippen molar-refractivity contribution in [2.45, 2.75) is 45.1 Å². The van der Waals surface area contributed by atoms with E-state index in [-0.39, 0.29) is 17.4 Å². The van der Waals surface area contributed by atoms with E-state index in [2.05, 4.69) is 15.0 Å². The monoisotopic (exact) mass is 373 g/mol. The van der Waals surface area contributed by atoms with Gasteiger partial charge in [0.25, 0.3) is 5.91 Å². The molecule has 0 saturated carbocycles. The maximum absolute atomic E-state index is 12.8. The number of thiazole rings is 1. The van der Waals surface area contributed by atoms with Gasteiger partial charge in [0, 0.05) is 38.2 Å². The Morgan fingerprint density at radius 1 is 1.27 bits per heavy atom. The summed E-state index contributed by atoms with van der Waals surface area (Å²) in [4.78, 5) is 42.0. The number of likely N-dealkylation sites (tertiary alicyclic amines) is 1. The van der Waals surface area contributed by atoms with Gasteiger partial charge < -0.3 is 14.8 Å². The van der Waals surface area contributed by atoms with Crippen LogP contribution in [0.5, 0.6) is 0 Å². The first kappa shape index (κ1) is 17.2. The molecule has 0 atom stereocenters. The lowest BCUT2D eigenvalue weighted by Crippen LogP contribution is -2.58. The van der Waals surface area contributed by atoms with Crippen LogP contribution < -0.4 is 0 Å². The molecule has 0 bridgehead atoms. The summed E-state index contributed by atoms with van der Waals surface area (Å²) in [5.74, 6) is 0.211. The van der Waals surface area contributed by atoms with Crippen LogP contribution in [-0.4, -0.2) is 56.2 Å². The molecule has 4 heterocycles. The predicted molar refractivity (Wildman–Crippen MR) is 98.0 cm³/mol.